The van der Waals surface area contributed by atoms with Crippen LogP contribution in [0, 0.1) is 0 Å². The fourth-order valence-electron chi connectivity index (χ4n) is 1.85. The van der Waals surface area contributed by atoms with Gasteiger partial charge in [0.15, 0.2) is 0 Å². The van der Waals surface area contributed by atoms with Crippen LogP contribution >= 0.6 is 0 Å². The summed E-state index contributed by atoms with van der Waals surface area (Å²) in [6, 6.07) is 0. The zero-order valence-electron chi connectivity index (χ0n) is 9.25. The van der Waals surface area contributed by atoms with Crippen LogP contribution in [-0.2, 0) is 0 Å². The maximum absolute atomic E-state index is 6.25. The summed E-state index contributed by atoms with van der Waals surface area (Å²) < 4.78 is 0. The molecule has 1 saturated heterocycles. The van der Waals surface area contributed by atoms with Gasteiger partial charge in [-0.05, 0) is 14.1 Å². The van der Waals surface area contributed by atoms with E-state index >= 15 is 0 Å². The summed E-state index contributed by atoms with van der Waals surface area (Å²) in [5.74, 6) is -0.244. The minimum absolute atomic E-state index is 0.244. The first-order valence-electron chi connectivity index (χ1n) is 5.05. The monoisotopic (exact) mass is 186 g/mol. The van der Waals surface area contributed by atoms with Crippen molar-refractivity contribution in [1.29, 1.82) is 0 Å². The number of hydrogen-bond donors (Lipinski definition) is 1. The molecule has 0 saturated carbocycles. The number of hydrogen-bond acceptors (Lipinski definition) is 4. The van der Waals surface area contributed by atoms with Crippen LogP contribution in [0.2, 0.25) is 0 Å². The Bertz CT molecular complexity index is 167. The van der Waals surface area contributed by atoms with E-state index in [1.807, 2.05) is 14.1 Å². The molecule has 0 amide bonds. The first kappa shape index (κ1) is 10.9. The zero-order valence-corrected chi connectivity index (χ0v) is 9.25. The Hall–Kier alpha value is -0.160. The standard InChI is InChI=1S/C9H22N4/c1-5-12(6-2)13-8-7-9(13,10)11(3)4/h5-8,10H2,1-4H3. The molecule has 1 fully saturated rings. The highest BCUT2D eigenvalue weighted by atomic mass is 15.7. The van der Waals surface area contributed by atoms with E-state index < -0.39 is 0 Å². The summed E-state index contributed by atoms with van der Waals surface area (Å²) >= 11 is 0. The van der Waals surface area contributed by atoms with Crippen molar-refractivity contribution in [1.82, 2.24) is 14.9 Å². The van der Waals surface area contributed by atoms with Crippen LogP contribution in [0.1, 0.15) is 20.3 Å². The van der Waals surface area contributed by atoms with E-state index in [4.69, 9.17) is 5.73 Å². The van der Waals surface area contributed by atoms with Crippen molar-refractivity contribution in [3.05, 3.63) is 0 Å². The van der Waals surface area contributed by atoms with Gasteiger partial charge in [0.1, 0.15) is 5.79 Å². The van der Waals surface area contributed by atoms with Crippen molar-refractivity contribution in [3.8, 4) is 0 Å². The molecule has 0 aromatic rings. The molecule has 78 valence electrons. The van der Waals surface area contributed by atoms with E-state index in [1.165, 1.54) is 0 Å². The average Bonchev–Trinajstić information content (AvgIpc) is 2.10. The molecule has 0 spiro atoms. The van der Waals surface area contributed by atoms with Crippen LogP contribution in [0.15, 0.2) is 0 Å². The van der Waals surface area contributed by atoms with E-state index in [1.54, 1.807) is 0 Å². The summed E-state index contributed by atoms with van der Waals surface area (Å²) in [6.45, 7) is 7.47. The summed E-state index contributed by atoms with van der Waals surface area (Å²) in [5, 5.41) is 4.55. The predicted octanol–water partition coefficient (Wildman–Crippen LogP) is 0.123. The Morgan fingerprint density at radius 2 is 1.85 bits per heavy atom. The number of nitrogens with zero attached hydrogens (tertiary/aromatic N) is 3. The number of nitrogens with two attached hydrogens (primary N) is 1. The first-order chi connectivity index (χ1) is 6.06. The molecule has 0 bridgehead atoms. The molecule has 1 heterocycles. The summed E-state index contributed by atoms with van der Waals surface area (Å²) in [7, 11) is 4.07. The molecule has 1 atom stereocenters. The van der Waals surface area contributed by atoms with Crippen molar-refractivity contribution in [3.63, 3.8) is 0 Å². The van der Waals surface area contributed by atoms with E-state index in [0.29, 0.717) is 0 Å². The number of rotatable bonds is 4. The maximum atomic E-state index is 6.25. The van der Waals surface area contributed by atoms with Gasteiger partial charge in [-0.1, -0.05) is 13.8 Å². The van der Waals surface area contributed by atoms with Crippen LogP contribution in [0.5, 0.6) is 0 Å². The fraction of sp³-hybridized carbons (Fsp3) is 1.00. The van der Waals surface area contributed by atoms with E-state index in [-0.39, 0.29) is 5.79 Å². The molecule has 1 aliphatic heterocycles. The van der Waals surface area contributed by atoms with Gasteiger partial charge in [0.25, 0.3) is 0 Å². The van der Waals surface area contributed by atoms with Crippen molar-refractivity contribution < 1.29 is 0 Å². The van der Waals surface area contributed by atoms with E-state index in [9.17, 15) is 0 Å². The molecule has 0 aromatic heterocycles. The van der Waals surface area contributed by atoms with Gasteiger partial charge in [0, 0.05) is 26.1 Å². The van der Waals surface area contributed by atoms with Crippen molar-refractivity contribution in [2.24, 2.45) is 5.73 Å². The lowest BCUT2D eigenvalue weighted by atomic mass is 10.1. The molecular weight excluding hydrogens is 164 g/mol. The quantitative estimate of drug-likeness (QED) is 0.633. The first-order valence-corrected chi connectivity index (χ1v) is 5.05. The van der Waals surface area contributed by atoms with Crippen LogP contribution in [0.25, 0.3) is 0 Å². The van der Waals surface area contributed by atoms with Crippen LogP contribution in [-0.4, -0.2) is 54.4 Å². The van der Waals surface area contributed by atoms with Gasteiger partial charge in [-0.25, -0.2) is 10.0 Å². The molecule has 4 heteroatoms. The van der Waals surface area contributed by atoms with Crippen LogP contribution < -0.4 is 5.73 Å². The molecule has 1 aliphatic rings. The second kappa shape index (κ2) is 3.92. The molecule has 4 nitrogen and oxygen atoms in total. The van der Waals surface area contributed by atoms with Gasteiger partial charge in [-0.3, -0.25) is 10.6 Å². The van der Waals surface area contributed by atoms with Gasteiger partial charge in [-0.2, -0.15) is 0 Å². The SMILES string of the molecule is CCN(CC)N1CCC1(N)N(C)C. The van der Waals surface area contributed by atoms with Crippen LogP contribution in [0.4, 0.5) is 0 Å². The minimum Gasteiger partial charge on any atom is -0.300 e. The molecule has 0 aliphatic carbocycles. The van der Waals surface area contributed by atoms with Gasteiger partial charge in [0.2, 0.25) is 0 Å². The molecule has 0 radical (unpaired) electrons. The van der Waals surface area contributed by atoms with Gasteiger partial charge >= 0.3 is 0 Å². The lowest BCUT2D eigenvalue weighted by Gasteiger charge is -2.57. The Kier molecular flexibility index (Phi) is 3.29. The zero-order chi connectivity index (χ0) is 10.1. The van der Waals surface area contributed by atoms with Crippen LogP contribution in [0.3, 0.4) is 0 Å². The second-order valence-corrected chi connectivity index (χ2v) is 3.79. The third-order valence-electron chi connectivity index (χ3n) is 2.98. The fourth-order valence-corrected chi connectivity index (χ4v) is 1.85. The largest absolute Gasteiger partial charge is 0.300 e. The van der Waals surface area contributed by atoms with Gasteiger partial charge in [-0.15, -0.1) is 0 Å². The molecular formula is C9H22N4. The Balaban J connectivity index is 2.61. The molecule has 2 N–H and O–H groups in total. The van der Waals surface area contributed by atoms with Crippen molar-refractivity contribution in [2.45, 2.75) is 26.1 Å². The maximum Gasteiger partial charge on any atom is 0.139 e. The third kappa shape index (κ3) is 1.72. The smallest absolute Gasteiger partial charge is 0.139 e. The van der Waals surface area contributed by atoms with Crippen molar-refractivity contribution in [2.75, 3.05) is 33.7 Å². The molecule has 0 aromatic carbocycles. The molecule has 13 heavy (non-hydrogen) atoms. The summed E-state index contributed by atoms with van der Waals surface area (Å²) in [6.07, 6.45) is 1.05. The summed E-state index contributed by atoms with van der Waals surface area (Å²) in [4.78, 5) is 2.09. The Labute approximate surface area is 81.2 Å². The summed E-state index contributed by atoms with van der Waals surface area (Å²) in [5.41, 5.74) is 6.25. The van der Waals surface area contributed by atoms with Gasteiger partial charge < -0.3 is 0 Å². The lowest BCUT2D eigenvalue weighted by molar-refractivity contribution is -0.225. The topological polar surface area (TPSA) is 35.7 Å². The highest BCUT2D eigenvalue weighted by molar-refractivity contribution is 4.90. The van der Waals surface area contributed by atoms with E-state index in [2.05, 4.69) is 28.8 Å². The van der Waals surface area contributed by atoms with Crippen molar-refractivity contribution >= 4 is 0 Å². The van der Waals surface area contributed by atoms with Gasteiger partial charge in [0.05, 0.1) is 0 Å². The lowest BCUT2D eigenvalue weighted by Crippen LogP contribution is -2.76. The third-order valence-corrected chi connectivity index (χ3v) is 2.98. The second-order valence-electron chi connectivity index (χ2n) is 3.79. The minimum atomic E-state index is -0.244. The highest BCUT2D eigenvalue weighted by Crippen LogP contribution is 2.28. The Morgan fingerprint density at radius 1 is 1.31 bits per heavy atom. The molecule has 1 unspecified atom stereocenters. The normalized spacial score (nSPS) is 29.8. The average molecular weight is 186 g/mol. The predicted molar refractivity (Wildman–Crippen MR) is 54.8 cm³/mol. The number of hydrazine groups is 1. The van der Waals surface area contributed by atoms with E-state index in [0.717, 1.165) is 26.1 Å². The Morgan fingerprint density at radius 3 is 2.08 bits per heavy atom. The molecule has 1 rings (SSSR count). The highest BCUT2D eigenvalue weighted by Gasteiger charge is 2.45.